The summed E-state index contributed by atoms with van der Waals surface area (Å²) in [5, 5.41) is 18.7. The Labute approximate surface area is 68.2 Å². The molecule has 2 heteroatoms. The van der Waals surface area contributed by atoms with Crippen molar-refractivity contribution in [2.45, 2.75) is 45.3 Å². The summed E-state index contributed by atoms with van der Waals surface area (Å²) in [7, 11) is 0. The number of aliphatic hydroxyl groups excluding tert-OH is 2. The van der Waals surface area contributed by atoms with Crippen LogP contribution in [0.4, 0.5) is 0 Å². The first-order valence-corrected chi connectivity index (χ1v) is 4.47. The normalized spacial score (nSPS) is 26.2. The van der Waals surface area contributed by atoms with E-state index in [4.69, 9.17) is 5.11 Å². The maximum absolute atomic E-state index is 9.50. The van der Waals surface area contributed by atoms with Gasteiger partial charge in [0.15, 0.2) is 0 Å². The molecule has 66 valence electrons. The van der Waals surface area contributed by atoms with E-state index in [2.05, 4.69) is 0 Å². The van der Waals surface area contributed by atoms with Gasteiger partial charge in [0.1, 0.15) is 0 Å². The van der Waals surface area contributed by atoms with Gasteiger partial charge in [0, 0.05) is 0 Å². The van der Waals surface area contributed by atoms with Crippen LogP contribution in [-0.4, -0.2) is 22.4 Å². The lowest BCUT2D eigenvalue weighted by Gasteiger charge is -2.17. The smallest absolute Gasteiger partial charge is 0.0571 e. The molecule has 1 fully saturated rings. The molecule has 0 aliphatic heterocycles. The zero-order valence-electron chi connectivity index (χ0n) is 7.33. The van der Waals surface area contributed by atoms with Crippen LogP contribution in [0.1, 0.15) is 33.1 Å². The Hall–Kier alpha value is -0.0800. The maximum atomic E-state index is 9.50. The first-order valence-electron chi connectivity index (χ1n) is 4.47. The molecule has 0 aromatic heterocycles. The zero-order chi connectivity index (χ0) is 8.43. The summed E-state index contributed by atoms with van der Waals surface area (Å²) in [6, 6.07) is 0. The quantitative estimate of drug-likeness (QED) is 0.644. The molecule has 2 nitrogen and oxygen atoms in total. The van der Waals surface area contributed by atoms with E-state index >= 15 is 0 Å². The molecule has 0 bridgehead atoms. The fourth-order valence-corrected chi connectivity index (χ4v) is 1.25. The van der Waals surface area contributed by atoms with Gasteiger partial charge in [0.2, 0.25) is 0 Å². The molecule has 1 rings (SSSR count). The Morgan fingerprint density at radius 1 is 1.27 bits per heavy atom. The molecule has 0 radical (unpaired) electrons. The molecule has 0 saturated heterocycles. The Morgan fingerprint density at radius 2 is 1.82 bits per heavy atom. The van der Waals surface area contributed by atoms with E-state index in [-0.39, 0.29) is 18.1 Å². The Morgan fingerprint density at radius 3 is 2.18 bits per heavy atom. The summed E-state index contributed by atoms with van der Waals surface area (Å²) in [4.78, 5) is 0. The molecule has 0 aromatic rings. The van der Waals surface area contributed by atoms with Gasteiger partial charge < -0.3 is 10.2 Å². The summed E-state index contributed by atoms with van der Waals surface area (Å²) >= 11 is 0. The number of aliphatic hydroxyl groups is 2. The van der Waals surface area contributed by atoms with E-state index < -0.39 is 0 Å². The van der Waals surface area contributed by atoms with Crippen LogP contribution in [0.3, 0.4) is 0 Å². The lowest BCUT2D eigenvalue weighted by molar-refractivity contribution is 0.0697. The third-order valence-electron chi connectivity index (χ3n) is 2.60. The highest BCUT2D eigenvalue weighted by molar-refractivity contribution is 4.82. The summed E-state index contributed by atoms with van der Waals surface area (Å²) in [6.45, 7) is 3.76. The van der Waals surface area contributed by atoms with Crippen LogP contribution in [-0.2, 0) is 0 Å². The van der Waals surface area contributed by atoms with Crippen molar-refractivity contribution in [3.05, 3.63) is 0 Å². The molecule has 1 saturated carbocycles. The first kappa shape index (κ1) is 9.01. The number of hydrogen-bond donors (Lipinski definition) is 2. The standard InChI is InChI=1S/C9H18O2/c1-6(7(2)10)5-9(11)8-3-4-8/h6-11H,3-5H2,1-2H3. The minimum Gasteiger partial charge on any atom is -0.393 e. The molecule has 0 heterocycles. The molecule has 1 aliphatic carbocycles. The van der Waals surface area contributed by atoms with Crippen LogP contribution in [0.25, 0.3) is 0 Å². The fraction of sp³-hybridized carbons (Fsp3) is 1.00. The summed E-state index contributed by atoms with van der Waals surface area (Å²) < 4.78 is 0. The molecule has 3 atom stereocenters. The van der Waals surface area contributed by atoms with Crippen LogP contribution < -0.4 is 0 Å². The Balaban J connectivity index is 2.17. The Kier molecular flexibility index (Phi) is 2.90. The highest BCUT2D eigenvalue weighted by Gasteiger charge is 2.31. The first-order chi connectivity index (χ1) is 5.11. The minimum absolute atomic E-state index is 0.167. The zero-order valence-corrected chi connectivity index (χ0v) is 7.33. The minimum atomic E-state index is -0.289. The molecule has 11 heavy (non-hydrogen) atoms. The average molecular weight is 158 g/mol. The average Bonchev–Trinajstić information content (AvgIpc) is 2.67. The van der Waals surface area contributed by atoms with E-state index in [1.165, 1.54) is 12.8 Å². The summed E-state index contributed by atoms with van der Waals surface area (Å²) in [5.74, 6) is 0.766. The van der Waals surface area contributed by atoms with Crippen molar-refractivity contribution in [1.82, 2.24) is 0 Å². The largest absolute Gasteiger partial charge is 0.393 e. The van der Waals surface area contributed by atoms with Crippen molar-refractivity contribution in [1.29, 1.82) is 0 Å². The second-order valence-electron chi connectivity index (χ2n) is 3.86. The molecule has 2 N–H and O–H groups in total. The predicted octanol–water partition coefficient (Wildman–Crippen LogP) is 1.16. The van der Waals surface area contributed by atoms with Crippen molar-refractivity contribution >= 4 is 0 Å². The van der Waals surface area contributed by atoms with Gasteiger partial charge in [0.05, 0.1) is 12.2 Å². The fourth-order valence-electron chi connectivity index (χ4n) is 1.25. The number of hydrogen-bond acceptors (Lipinski definition) is 2. The van der Waals surface area contributed by atoms with E-state index in [0.29, 0.717) is 5.92 Å². The molecular formula is C9H18O2. The highest BCUT2D eigenvalue weighted by Crippen LogP contribution is 2.35. The van der Waals surface area contributed by atoms with Gasteiger partial charge in [-0.2, -0.15) is 0 Å². The molecular weight excluding hydrogens is 140 g/mol. The van der Waals surface area contributed by atoms with Crippen molar-refractivity contribution in [3.8, 4) is 0 Å². The highest BCUT2D eigenvalue weighted by atomic mass is 16.3. The van der Waals surface area contributed by atoms with Gasteiger partial charge in [0.25, 0.3) is 0 Å². The third-order valence-corrected chi connectivity index (χ3v) is 2.60. The topological polar surface area (TPSA) is 40.5 Å². The van der Waals surface area contributed by atoms with Gasteiger partial charge in [-0.25, -0.2) is 0 Å². The van der Waals surface area contributed by atoms with Crippen LogP contribution in [0, 0.1) is 11.8 Å². The van der Waals surface area contributed by atoms with Gasteiger partial charge in [-0.05, 0) is 38.0 Å². The van der Waals surface area contributed by atoms with E-state index in [9.17, 15) is 5.11 Å². The molecule has 3 unspecified atom stereocenters. The van der Waals surface area contributed by atoms with Crippen molar-refractivity contribution in [2.75, 3.05) is 0 Å². The Bertz CT molecular complexity index is 113. The van der Waals surface area contributed by atoms with Crippen molar-refractivity contribution < 1.29 is 10.2 Å². The van der Waals surface area contributed by atoms with Gasteiger partial charge in [-0.15, -0.1) is 0 Å². The predicted molar refractivity (Wildman–Crippen MR) is 44.2 cm³/mol. The van der Waals surface area contributed by atoms with Gasteiger partial charge >= 0.3 is 0 Å². The number of rotatable bonds is 4. The monoisotopic (exact) mass is 158 g/mol. The second-order valence-corrected chi connectivity index (χ2v) is 3.86. The summed E-state index contributed by atoms with van der Waals surface area (Å²) in [6.07, 6.45) is 2.65. The molecule has 1 aliphatic rings. The van der Waals surface area contributed by atoms with Gasteiger partial charge in [-0.3, -0.25) is 0 Å². The molecule has 0 amide bonds. The van der Waals surface area contributed by atoms with E-state index in [1.54, 1.807) is 6.92 Å². The molecule has 0 spiro atoms. The lowest BCUT2D eigenvalue weighted by Crippen LogP contribution is -2.21. The SMILES string of the molecule is CC(O)C(C)CC(O)C1CC1. The van der Waals surface area contributed by atoms with Crippen LogP contribution in [0.2, 0.25) is 0 Å². The molecule has 0 aromatic carbocycles. The maximum Gasteiger partial charge on any atom is 0.0571 e. The van der Waals surface area contributed by atoms with Crippen molar-refractivity contribution in [2.24, 2.45) is 11.8 Å². The van der Waals surface area contributed by atoms with Gasteiger partial charge in [-0.1, -0.05) is 6.92 Å². The van der Waals surface area contributed by atoms with Crippen LogP contribution in [0.15, 0.2) is 0 Å². The van der Waals surface area contributed by atoms with Crippen molar-refractivity contribution in [3.63, 3.8) is 0 Å². The third kappa shape index (κ3) is 2.80. The summed E-state index contributed by atoms with van der Waals surface area (Å²) in [5.41, 5.74) is 0. The second kappa shape index (κ2) is 3.55. The lowest BCUT2D eigenvalue weighted by atomic mass is 9.96. The van der Waals surface area contributed by atoms with E-state index in [0.717, 1.165) is 6.42 Å². The van der Waals surface area contributed by atoms with E-state index in [1.807, 2.05) is 6.92 Å². The van der Waals surface area contributed by atoms with Crippen LogP contribution >= 0.6 is 0 Å². The van der Waals surface area contributed by atoms with Crippen LogP contribution in [0.5, 0.6) is 0 Å².